The van der Waals surface area contributed by atoms with Crippen LogP contribution in [0, 0.1) is 17.1 Å². The second-order valence-corrected chi connectivity index (χ2v) is 3.97. The first-order valence-electron chi connectivity index (χ1n) is 5.67. The van der Waals surface area contributed by atoms with Crippen LogP contribution in [0.15, 0.2) is 36.5 Å². The van der Waals surface area contributed by atoms with Crippen molar-refractivity contribution in [1.29, 1.82) is 5.26 Å². The van der Waals surface area contributed by atoms with Gasteiger partial charge >= 0.3 is 5.97 Å². The molecule has 0 bridgehead atoms. The van der Waals surface area contributed by atoms with Crippen molar-refractivity contribution in [1.82, 2.24) is 4.98 Å². The molecule has 2 rings (SSSR count). The van der Waals surface area contributed by atoms with Crippen LogP contribution in [0.25, 0.3) is 0 Å². The second-order valence-electron chi connectivity index (χ2n) is 3.97. The van der Waals surface area contributed by atoms with Crippen molar-refractivity contribution in [3.63, 3.8) is 0 Å². The highest BCUT2D eigenvalue weighted by Gasteiger charge is 2.11. The Morgan fingerprint density at radius 1 is 1.45 bits per heavy atom. The fourth-order valence-electron chi connectivity index (χ4n) is 1.61. The molecule has 0 amide bonds. The highest BCUT2D eigenvalue weighted by molar-refractivity contribution is 5.90. The summed E-state index contributed by atoms with van der Waals surface area (Å²) < 4.78 is 18.1. The first-order chi connectivity index (χ1) is 9.60. The Hall–Kier alpha value is -2.94. The molecule has 0 aliphatic heterocycles. The molecule has 0 unspecified atom stereocenters. The minimum atomic E-state index is -0.719. The first-order valence-corrected chi connectivity index (χ1v) is 5.67. The van der Waals surface area contributed by atoms with Gasteiger partial charge in [-0.3, -0.25) is 0 Å². The average Bonchev–Trinajstić information content (AvgIpc) is 2.44. The number of nitrogens with zero attached hydrogens (tertiary/aromatic N) is 2. The van der Waals surface area contributed by atoms with E-state index in [-0.39, 0.29) is 23.6 Å². The lowest BCUT2D eigenvalue weighted by molar-refractivity contribution is 0.0471. The standard InChI is InChI=1S/C14H10FN3O2/c15-11-4-10(5-12(17)6-11)14(19)20-8-9-2-1-3-18-13(9)7-16/h1-6H,8,17H2. The lowest BCUT2D eigenvalue weighted by Gasteiger charge is -2.06. The average molecular weight is 271 g/mol. The van der Waals surface area contributed by atoms with Gasteiger partial charge in [0.15, 0.2) is 0 Å². The number of anilines is 1. The lowest BCUT2D eigenvalue weighted by atomic mass is 10.2. The number of carbonyl (C=O) groups is 1. The number of halogens is 1. The second kappa shape index (κ2) is 5.80. The highest BCUT2D eigenvalue weighted by atomic mass is 19.1. The number of esters is 1. The van der Waals surface area contributed by atoms with Gasteiger partial charge in [-0.05, 0) is 24.3 Å². The molecule has 0 fully saturated rings. The number of carbonyl (C=O) groups excluding carboxylic acids is 1. The summed E-state index contributed by atoms with van der Waals surface area (Å²) in [5.41, 5.74) is 6.26. The number of benzene rings is 1. The zero-order chi connectivity index (χ0) is 14.5. The van der Waals surface area contributed by atoms with E-state index < -0.39 is 11.8 Å². The van der Waals surface area contributed by atoms with E-state index in [1.54, 1.807) is 12.1 Å². The number of rotatable bonds is 3. The first kappa shape index (κ1) is 13.5. The van der Waals surface area contributed by atoms with Gasteiger partial charge in [0, 0.05) is 17.4 Å². The SMILES string of the molecule is N#Cc1ncccc1COC(=O)c1cc(N)cc(F)c1. The summed E-state index contributed by atoms with van der Waals surface area (Å²) in [5.74, 6) is -1.33. The Bertz CT molecular complexity index is 675. The van der Waals surface area contributed by atoms with Gasteiger partial charge in [0.1, 0.15) is 24.2 Å². The molecule has 0 radical (unpaired) electrons. The Labute approximate surface area is 114 Å². The number of ether oxygens (including phenoxy) is 1. The zero-order valence-electron chi connectivity index (χ0n) is 10.3. The van der Waals surface area contributed by atoms with Gasteiger partial charge in [-0.15, -0.1) is 0 Å². The summed E-state index contributed by atoms with van der Waals surface area (Å²) in [5, 5.41) is 8.85. The Kier molecular flexibility index (Phi) is 3.91. The van der Waals surface area contributed by atoms with Crippen molar-refractivity contribution < 1.29 is 13.9 Å². The number of pyridine rings is 1. The van der Waals surface area contributed by atoms with Crippen LogP contribution >= 0.6 is 0 Å². The van der Waals surface area contributed by atoms with E-state index in [0.717, 1.165) is 12.1 Å². The quantitative estimate of drug-likeness (QED) is 0.681. The van der Waals surface area contributed by atoms with Crippen LogP contribution in [0.4, 0.5) is 10.1 Å². The largest absolute Gasteiger partial charge is 0.457 e. The molecule has 0 atom stereocenters. The monoisotopic (exact) mass is 271 g/mol. The van der Waals surface area contributed by atoms with Crippen LogP contribution in [0.1, 0.15) is 21.6 Å². The van der Waals surface area contributed by atoms with Gasteiger partial charge in [0.25, 0.3) is 0 Å². The topological polar surface area (TPSA) is 89.0 Å². The third-order valence-electron chi connectivity index (χ3n) is 2.51. The van der Waals surface area contributed by atoms with Crippen molar-refractivity contribution in [3.8, 4) is 6.07 Å². The Morgan fingerprint density at radius 2 is 2.25 bits per heavy atom. The van der Waals surface area contributed by atoms with E-state index in [4.69, 9.17) is 15.7 Å². The summed E-state index contributed by atoms with van der Waals surface area (Å²) in [6.07, 6.45) is 1.47. The zero-order valence-corrected chi connectivity index (χ0v) is 10.3. The van der Waals surface area contributed by atoms with Gasteiger partial charge in [-0.1, -0.05) is 6.07 Å². The van der Waals surface area contributed by atoms with Crippen LogP contribution in [-0.4, -0.2) is 11.0 Å². The predicted octanol–water partition coefficient (Wildman–Crippen LogP) is 2.03. The van der Waals surface area contributed by atoms with E-state index in [9.17, 15) is 9.18 Å². The van der Waals surface area contributed by atoms with E-state index in [1.165, 1.54) is 12.3 Å². The minimum Gasteiger partial charge on any atom is -0.457 e. The van der Waals surface area contributed by atoms with Gasteiger partial charge in [0.2, 0.25) is 0 Å². The Balaban J connectivity index is 2.11. The summed E-state index contributed by atoms with van der Waals surface area (Å²) in [6, 6.07) is 8.60. The summed E-state index contributed by atoms with van der Waals surface area (Å²) in [7, 11) is 0. The molecule has 0 spiro atoms. The lowest BCUT2D eigenvalue weighted by Crippen LogP contribution is -2.07. The molecule has 0 saturated heterocycles. The van der Waals surface area contributed by atoms with Crippen molar-refractivity contribution >= 4 is 11.7 Å². The van der Waals surface area contributed by atoms with Crippen LogP contribution < -0.4 is 5.73 Å². The number of nitriles is 1. The van der Waals surface area contributed by atoms with Crippen LogP contribution in [0.5, 0.6) is 0 Å². The maximum Gasteiger partial charge on any atom is 0.338 e. The number of nitrogens with two attached hydrogens (primary N) is 1. The van der Waals surface area contributed by atoms with Crippen LogP contribution in [-0.2, 0) is 11.3 Å². The van der Waals surface area contributed by atoms with Crippen molar-refractivity contribution in [2.45, 2.75) is 6.61 Å². The maximum absolute atomic E-state index is 13.1. The van der Waals surface area contributed by atoms with E-state index >= 15 is 0 Å². The van der Waals surface area contributed by atoms with Gasteiger partial charge in [-0.2, -0.15) is 5.26 Å². The van der Waals surface area contributed by atoms with Crippen molar-refractivity contribution in [2.24, 2.45) is 0 Å². The molecule has 0 saturated carbocycles. The fraction of sp³-hybridized carbons (Fsp3) is 0.0714. The molecule has 6 heteroatoms. The number of hydrogen-bond donors (Lipinski definition) is 1. The Morgan fingerprint density at radius 3 is 2.95 bits per heavy atom. The summed E-state index contributed by atoms with van der Waals surface area (Å²) in [4.78, 5) is 15.6. The molecule has 1 aromatic carbocycles. The van der Waals surface area contributed by atoms with E-state index in [2.05, 4.69) is 4.98 Å². The van der Waals surface area contributed by atoms with Gasteiger partial charge in [-0.25, -0.2) is 14.2 Å². The molecular formula is C14H10FN3O2. The van der Waals surface area contributed by atoms with Crippen LogP contribution in [0.2, 0.25) is 0 Å². The number of nitrogen functional groups attached to an aromatic ring is 1. The fourth-order valence-corrected chi connectivity index (χ4v) is 1.61. The molecule has 1 aromatic heterocycles. The molecule has 20 heavy (non-hydrogen) atoms. The molecule has 2 N–H and O–H groups in total. The van der Waals surface area contributed by atoms with Crippen LogP contribution in [0.3, 0.4) is 0 Å². The third-order valence-corrected chi connectivity index (χ3v) is 2.51. The smallest absolute Gasteiger partial charge is 0.338 e. The van der Waals surface area contributed by atoms with E-state index in [1.807, 2.05) is 6.07 Å². The summed E-state index contributed by atoms with van der Waals surface area (Å²) in [6.45, 7) is -0.119. The molecular weight excluding hydrogens is 261 g/mol. The van der Waals surface area contributed by atoms with Crippen molar-refractivity contribution in [3.05, 3.63) is 59.2 Å². The molecule has 100 valence electrons. The molecule has 2 aromatic rings. The normalized spacial score (nSPS) is 9.80. The molecule has 0 aliphatic rings. The van der Waals surface area contributed by atoms with Crippen molar-refractivity contribution in [2.75, 3.05) is 5.73 Å². The third kappa shape index (κ3) is 3.09. The predicted molar refractivity (Wildman–Crippen MR) is 68.9 cm³/mol. The van der Waals surface area contributed by atoms with Gasteiger partial charge in [0.05, 0.1) is 5.56 Å². The number of aromatic nitrogens is 1. The highest BCUT2D eigenvalue weighted by Crippen LogP contribution is 2.13. The molecule has 0 aliphatic carbocycles. The maximum atomic E-state index is 13.1. The van der Waals surface area contributed by atoms with E-state index in [0.29, 0.717) is 5.56 Å². The summed E-state index contributed by atoms with van der Waals surface area (Å²) >= 11 is 0. The molecule has 5 nitrogen and oxygen atoms in total. The van der Waals surface area contributed by atoms with Gasteiger partial charge < -0.3 is 10.5 Å². The molecule has 1 heterocycles. The minimum absolute atomic E-state index is 0.0184. The number of hydrogen-bond acceptors (Lipinski definition) is 5.